The van der Waals surface area contributed by atoms with E-state index in [9.17, 15) is 4.79 Å². The van der Waals surface area contributed by atoms with Gasteiger partial charge in [0.1, 0.15) is 12.1 Å². The van der Waals surface area contributed by atoms with Crippen LogP contribution < -0.4 is 5.32 Å². The minimum absolute atomic E-state index is 0.0621. The summed E-state index contributed by atoms with van der Waals surface area (Å²) >= 11 is 0. The number of carbonyl (C=O) groups is 1. The molecule has 94 valence electrons. The van der Waals surface area contributed by atoms with E-state index in [0.717, 1.165) is 5.69 Å². The summed E-state index contributed by atoms with van der Waals surface area (Å²) in [5, 5.41) is 12.1. The number of aromatic nitrogens is 2. The SMILES string of the molecule is Cc1cc(NC(CC(=O)O)C(C)(C)C)ncn1. The van der Waals surface area contributed by atoms with Crippen molar-refractivity contribution in [1.29, 1.82) is 0 Å². The summed E-state index contributed by atoms with van der Waals surface area (Å²) in [6, 6.07) is 1.63. The lowest BCUT2D eigenvalue weighted by atomic mass is 9.85. The maximum Gasteiger partial charge on any atom is 0.305 e. The van der Waals surface area contributed by atoms with Gasteiger partial charge in [-0.2, -0.15) is 0 Å². The number of aryl methyl sites for hydroxylation is 1. The molecule has 5 nitrogen and oxygen atoms in total. The molecule has 0 spiro atoms. The summed E-state index contributed by atoms with van der Waals surface area (Å²) in [6.07, 6.45) is 1.53. The van der Waals surface area contributed by atoms with Gasteiger partial charge in [0.05, 0.1) is 6.42 Å². The fraction of sp³-hybridized carbons (Fsp3) is 0.583. The number of hydrogen-bond donors (Lipinski definition) is 2. The molecule has 0 fully saturated rings. The van der Waals surface area contributed by atoms with Crippen molar-refractivity contribution in [1.82, 2.24) is 9.97 Å². The fourth-order valence-corrected chi connectivity index (χ4v) is 1.46. The monoisotopic (exact) mass is 237 g/mol. The molecule has 1 unspecified atom stereocenters. The highest BCUT2D eigenvalue weighted by Gasteiger charge is 2.27. The number of carboxylic acid groups (broad SMARTS) is 1. The van der Waals surface area contributed by atoms with Gasteiger partial charge in [-0.1, -0.05) is 20.8 Å². The van der Waals surface area contributed by atoms with Gasteiger partial charge in [-0.25, -0.2) is 9.97 Å². The van der Waals surface area contributed by atoms with Crippen molar-refractivity contribution in [3.63, 3.8) is 0 Å². The Bertz CT molecular complexity index is 399. The van der Waals surface area contributed by atoms with E-state index in [-0.39, 0.29) is 17.9 Å². The molecule has 0 amide bonds. The van der Waals surface area contributed by atoms with Crippen molar-refractivity contribution in [2.24, 2.45) is 5.41 Å². The van der Waals surface area contributed by atoms with Gasteiger partial charge in [0.25, 0.3) is 0 Å². The number of carboxylic acids is 1. The van der Waals surface area contributed by atoms with Crippen LogP contribution in [0.5, 0.6) is 0 Å². The van der Waals surface area contributed by atoms with Crippen molar-refractivity contribution in [2.45, 2.75) is 40.2 Å². The lowest BCUT2D eigenvalue weighted by Gasteiger charge is -2.30. The van der Waals surface area contributed by atoms with Crippen LogP contribution in [0.2, 0.25) is 0 Å². The first kappa shape index (κ1) is 13.4. The zero-order valence-corrected chi connectivity index (χ0v) is 10.7. The van der Waals surface area contributed by atoms with E-state index in [4.69, 9.17) is 5.11 Å². The van der Waals surface area contributed by atoms with Crippen LogP contribution in [0.3, 0.4) is 0 Å². The average Bonchev–Trinajstić information content (AvgIpc) is 2.14. The Morgan fingerprint density at radius 1 is 1.47 bits per heavy atom. The first-order chi connectivity index (χ1) is 7.79. The van der Waals surface area contributed by atoms with Crippen molar-refractivity contribution >= 4 is 11.8 Å². The van der Waals surface area contributed by atoms with E-state index in [0.29, 0.717) is 5.82 Å². The first-order valence-corrected chi connectivity index (χ1v) is 5.56. The van der Waals surface area contributed by atoms with Gasteiger partial charge in [-0.15, -0.1) is 0 Å². The van der Waals surface area contributed by atoms with Crippen LogP contribution in [0.1, 0.15) is 32.9 Å². The zero-order chi connectivity index (χ0) is 13.1. The van der Waals surface area contributed by atoms with Gasteiger partial charge in [0.15, 0.2) is 0 Å². The third-order valence-electron chi connectivity index (χ3n) is 2.55. The van der Waals surface area contributed by atoms with Gasteiger partial charge >= 0.3 is 5.97 Å². The van der Waals surface area contributed by atoms with Crippen LogP contribution in [0, 0.1) is 12.3 Å². The predicted molar refractivity (Wildman–Crippen MR) is 65.9 cm³/mol. The number of aliphatic carboxylic acids is 1. The van der Waals surface area contributed by atoms with Crippen molar-refractivity contribution < 1.29 is 9.90 Å². The average molecular weight is 237 g/mol. The van der Waals surface area contributed by atoms with Gasteiger partial charge in [0.2, 0.25) is 0 Å². The molecule has 2 N–H and O–H groups in total. The Labute approximate surface area is 101 Å². The summed E-state index contributed by atoms with van der Waals surface area (Å²) in [5.74, 6) is -0.151. The van der Waals surface area contributed by atoms with E-state index >= 15 is 0 Å². The van der Waals surface area contributed by atoms with E-state index < -0.39 is 5.97 Å². The quantitative estimate of drug-likeness (QED) is 0.838. The molecule has 1 atom stereocenters. The topological polar surface area (TPSA) is 75.1 Å². The molecule has 0 radical (unpaired) electrons. The zero-order valence-electron chi connectivity index (χ0n) is 10.7. The van der Waals surface area contributed by atoms with E-state index in [1.54, 1.807) is 6.07 Å². The molecule has 5 heteroatoms. The molecule has 0 aromatic carbocycles. The Balaban J connectivity index is 2.83. The van der Waals surface area contributed by atoms with Crippen molar-refractivity contribution in [3.05, 3.63) is 18.1 Å². The van der Waals surface area contributed by atoms with Gasteiger partial charge in [-0.05, 0) is 12.3 Å². The number of rotatable bonds is 4. The second-order valence-electron chi connectivity index (χ2n) is 5.21. The molecule has 1 rings (SSSR count). The first-order valence-electron chi connectivity index (χ1n) is 5.56. The predicted octanol–water partition coefficient (Wildman–Crippen LogP) is 2.09. The van der Waals surface area contributed by atoms with E-state index in [1.165, 1.54) is 6.33 Å². The summed E-state index contributed by atoms with van der Waals surface area (Å²) in [6.45, 7) is 7.88. The van der Waals surface area contributed by atoms with Gasteiger partial charge in [-0.3, -0.25) is 4.79 Å². The van der Waals surface area contributed by atoms with Crippen LogP contribution in [0.25, 0.3) is 0 Å². The molecule has 1 heterocycles. The Kier molecular flexibility index (Phi) is 4.04. The van der Waals surface area contributed by atoms with Gasteiger partial charge < -0.3 is 10.4 Å². The smallest absolute Gasteiger partial charge is 0.305 e. The van der Waals surface area contributed by atoms with Crippen LogP contribution in [-0.2, 0) is 4.79 Å². The third-order valence-corrected chi connectivity index (χ3v) is 2.55. The van der Waals surface area contributed by atoms with Crippen LogP contribution in [-0.4, -0.2) is 27.1 Å². The summed E-state index contributed by atoms with van der Waals surface area (Å²) in [4.78, 5) is 18.9. The van der Waals surface area contributed by atoms with Crippen molar-refractivity contribution in [2.75, 3.05) is 5.32 Å². The Morgan fingerprint density at radius 3 is 2.59 bits per heavy atom. The summed E-state index contributed by atoms with van der Waals surface area (Å²) < 4.78 is 0. The maximum atomic E-state index is 10.8. The summed E-state index contributed by atoms with van der Waals surface area (Å²) in [5.41, 5.74) is 0.697. The molecule has 1 aromatic rings. The molecular weight excluding hydrogens is 218 g/mol. The second kappa shape index (κ2) is 5.12. The molecule has 0 saturated carbocycles. The van der Waals surface area contributed by atoms with Gasteiger partial charge in [0, 0.05) is 17.8 Å². The normalized spacial score (nSPS) is 13.2. The molecule has 17 heavy (non-hydrogen) atoms. The molecule has 1 aromatic heterocycles. The molecule has 0 aliphatic carbocycles. The number of nitrogens with one attached hydrogen (secondary N) is 1. The molecule has 0 aliphatic heterocycles. The lowest BCUT2D eigenvalue weighted by molar-refractivity contribution is -0.137. The third kappa shape index (κ3) is 4.38. The maximum absolute atomic E-state index is 10.8. The van der Waals surface area contributed by atoms with Crippen LogP contribution in [0.4, 0.5) is 5.82 Å². The highest BCUT2D eigenvalue weighted by molar-refractivity contribution is 5.68. The second-order valence-corrected chi connectivity index (χ2v) is 5.21. The number of nitrogens with zero attached hydrogens (tertiary/aromatic N) is 2. The molecular formula is C12H19N3O2. The fourth-order valence-electron chi connectivity index (χ4n) is 1.46. The number of hydrogen-bond acceptors (Lipinski definition) is 4. The largest absolute Gasteiger partial charge is 0.481 e. The lowest BCUT2D eigenvalue weighted by Crippen LogP contribution is -2.36. The van der Waals surface area contributed by atoms with E-state index in [2.05, 4.69) is 15.3 Å². The van der Waals surface area contributed by atoms with Crippen LogP contribution >= 0.6 is 0 Å². The van der Waals surface area contributed by atoms with Crippen LogP contribution in [0.15, 0.2) is 12.4 Å². The Hall–Kier alpha value is -1.65. The van der Waals surface area contributed by atoms with Crippen molar-refractivity contribution in [3.8, 4) is 0 Å². The number of anilines is 1. The minimum atomic E-state index is -0.816. The highest BCUT2D eigenvalue weighted by atomic mass is 16.4. The molecule has 0 bridgehead atoms. The molecule has 0 saturated heterocycles. The molecule has 0 aliphatic rings. The standard InChI is InChI=1S/C12H19N3O2/c1-8-5-10(14-7-13-8)15-9(6-11(16)17)12(2,3)4/h5,7,9H,6H2,1-4H3,(H,16,17)(H,13,14,15). The Morgan fingerprint density at radius 2 is 2.12 bits per heavy atom. The minimum Gasteiger partial charge on any atom is -0.481 e. The van der Waals surface area contributed by atoms with E-state index in [1.807, 2.05) is 27.7 Å². The summed E-state index contributed by atoms with van der Waals surface area (Å²) in [7, 11) is 0. The highest BCUT2D eigenvalue weighted by Crippen LogP contribution is 2.25.